The van der Waals surface area contributed by atoms with Crippen molar-refractivity contribution < 1.29 is 9.21 Å². The van der Waals surface area contributed by atoms with Gasteiger partial charge in [-0.25, -0.2) is 4.98 Å². The second-order valence-corrected chi connectivity index (χ2v) is 3.51. The molecular weight excluding hydrogens is 214 g/mol. The van der Waals surface area contributed by atoms with Crippen LogP contribution in [0.4, 0.5) is 0 Å². The lowest BCUT2D eigenvalue weighted by atomic mass is 10.1. The van der Waals surface area contributed by atoms with Gasteiger partial charge in [-0.05, 0) is 30.7 Å². The number of nitrogens with zero attached hydrogens (tertiary/aromatic N) is 1. The lowest BCUT2D eigenvalue weighted by Gasteiger charge is -1.95. The minimum absolute atomic E-state index is 0.0292. The van der Waals surface area contributed by atoms with Crippen LogP contribution >= 0.6 is 11.6 Å². The van der Waals surface area contributed by atoms with Crippen LogP contribution in [0.2, 0.25) is 5.22 Å². The van der Waals surface area contributed by atoms with Gasteiger partial charge in [0, 0.05) is 5.56 Å². The Morgan fingerprint density at radius 3 is 2.87 bits per heavy atom. The molecule has 0 aliphatic heterocycles. The maximum absolute atomic E-state index is 10.5. The molecule has 1 aromatic carbocycles. The molecular formula is C11H8ClNO2. The summed E-state index contributed by atoms with van der Waals surface area (Å²) in [4.78, 5) is 14.5. The molecule has 0 aliphatic carbocycles. The highest BCUT2D eigenvalue weighted by molar-refractivity contribution is 6.31. The third-order valence-electron chi connectivity index (χ3n) is 1.99. The topological polar surface area (TPSA) is 43.1 Å². The van der Waals surface area contributed by atoms with Gasteiger partial charge in [-0.15, -0.1) is 0 Å². The van der Waals surface area contributed by atoms with Crippen LogP contribution in [0.1, 0.15) is 16.1 Å². The largest absolute Gasteiger partial charge is 0.424 e. The SMILES string of the molecule is Cc1cccc(-c2nc(C=O)c(Cl)o2)c1. The second kappa shape index (κ2) is 3.87. The van der Waals surface area contributed by atoms with Gasteiger partial charge in [-0.3, -0.25) is 4.79 Å². The number of oxazole rings is 1. The van der Waals surface area contributed by atoms with Crippen LogP contribution in [0.25, 0.3) is 11.5 Å². The lowest BCUT2D eigenvalue weighted by Crippen LogP contribution is -1.81. The highest BCUT2D eigenvalue weighted by Gasteiger charge is 2.11. The Morgan fingerprint density at radius 2 is 2.27 bits per heavy atom. The van der Waals surface area contributed by atoms with E-state index in [0.717, 1.165) is 11.1 Å². The first kappa shape index (κ1) is 9.93. The third-order valence-corrected chi connectivity index (χ3v) is 2.26. The number of carbonyl (C=O) groups excluding carboxylic acids is 1. The van der Waals surface area contributed by atoms with E-state index in [1.165, 1.54) is 0 Å². The van der Waals surface area contributed by atoms with E-state index < -0.39 is 0 Å². The summed E-state index contributed by atoms with van der Waals surface area (Å²) in [5, 5.41) is 0.0292. The van der Waals surface area contributed by atoms with E-state index in [-0.39, 0.29) is 10.9 Å². The smallest absolute Gasteiger partial charge is 0.228 e. The lowest BCUT2D eigenvalue weighted by molar-refractivity contribution is 0.111. The zero-order valence-corrected chi connectivity index (χ0v) is 8.78. The number of carbonyl (C=O) groups is 1. The van der Waals surface area contributed by atoms with Crippen molar-refractivity contribution in [3.8, 4) is 11.5 Å². The van der Waals surface area contributed by atoms with Crippen molar-refractivity contribution in [2.45, 2.75) is 6.92 Å². The molecule has 0 saturated heterocycles. The molecule has 0 aliphatic rings. The van der Waals surface area contributed by atoms with Crippen molar-refractivity contribution in [1.82, 2.24) is 4.98 Å². The fourth-order valence-electron chi connectivity index (χ4n) is 1.29. The Labute approximate surface area is 91.7 Å². The molecule has 0 spiro atoms. The fraction of sp³-hybridized carbons (Fsp3) is 0.0909. The van der Waals surface area contributed by atoms with Crippen molar-refractivity contribution >= 4 is 17.9 Å². The van der Waals surface area contributed by atoms with E-state index in [2.05, 4.69) is 4.98 Å². The average Bonchev–Trinajstić information content (AvgIpc) is 2.60. The zero-order valence-electron chi connectivity index (χ0n) is 8.03. The molecule has 0 saturated carbocycles. The average molecular weight is 222 g/mol. The highest BCUT2D eigenvalue weighted by atomic mass is 35.5. The molecule has 1 aromatic heterocycles. The summed E-state index contributed by atoms with van der Waals surface area (Å²) in [6.45, 7) is 1.97. The Kier molecular flexibility index (Phi) is 2.56. The quantitative estimate of drug-likeness (QED) is 0.732. The minimum Gasteiger partial charge on any atom is -0.424 e. The molecule has 15 heavy (non-hydrogen) atoms. The third kappa shape index (κ3) is 1.92. The van der Waals surface area contributed by atoms with Crippen molar-refractivity contribution in [2.24, 2.45) is 0 Å². The Balaban J connectivity index is 2.49. The Hall–Kier alpha value is -1.61. The summed E-state index contributed by atoms with van der Waals surface area (Å²) in [7, 11) is 0. The first-order chi connectivity index (χ1) is 7.20. The van der Waals surface area contributed by atoms with Gasteiger partial charge >= 0.3 is 0 Å². The molecule has 2 rings (SSSR count). The molecule has 3 nitrogen and oxygen atoms in total. The molecule has 0 atom stereocenters. The predicted molar refractivity (Wildman–Crippen MR) is 57.1 cm³/mol. The van der Waals surface area contributed by atoms with Crippen LogP contribution in [0, 0.1) is 6.92 Å². The monoisotopic (exact) mass is 221 g/mol. The highest BCUT2D eigenvalue weighted by Crippen LogP contribution is 2.24. The number of aryl methyl sites for hydroxylation is 1. The number of hydrogen-bond donors (Lipinski definition) is 0. The van der Waals surface area contributed by atoms with E-state index in [0.29, 0.717) is 12.2 Å². The van der Waals surface area contributed by atoms with Gasteiger partial charge < -0.3 is 4.42 Å². The summed E-state index contributed by atoms with van der Waals surface area (Å²) < 4.78 is 5.17. The van der Waals surface area contributed by atoms with Crippen molar-refractivity contribution in [3.63, 3.8) is 0 Å². The van der Waals surface area contributed by atoms with E-state index in [1.807, 2.05) is 31.2 Å². The van der Waals surface area contributed by atoms with Crippen LogP contribution in [-0.4, -0.2) is 11.3 Å². The molecule has 0 N–H and O–H groups in total. The van der Waals surface area contributed by atoms with Gasteiger partial charge in [0.15, 0.2) is 12.0 Å². The number of halogens is 1. The summed E-state index contributed by atoms with van der Waals surface area (Å²) >= 11 is 5.67. The molecule has 0 radical (unpaired) electrons. The molecule has 1 heterocycles. The zero-order chi connectivity index (χ0) is 10.8. The van der Waals surface area contributed by atoms with Crippen LogP contribution in [0.15, 0.2) is 28.7 Å². The first-order valence-corrected chi connectivity index (χ1v) is 4.77. The van der Waals surface area contributed by atoms with Crippen LogP contribution < -0.4 is 0 Å². The van der Waals surface area contributed by atoms with E-state index in [1.54, 1.807) is 0 Å². The van der Waals surface area contributed by atoms with Crippen molar-refractivity contribution in [3.05, 3.63) is 40.7 Å². The van der Waals surface area contributed by atoms with Crippen LogP contribution in [-0.2, 0) is 0 Å². The fourth-order valence-corrected chi connectivity index (χ4v) is 1.45. The number of rotatable bonds is 2. The number of aromatic nitrogens is 1. The summed E-state index contributed by atoms with van der Waals surface area (Å²) in [5.74, 6) is 0.366. The number of benzene rings is 1. The maximum Gasteiger partial charge on any atom is 0.228 e. The van der Waals surface area contributed by atoms with Gasteiger partial charge in [-0.2, -0.15) is 0 Å². The maximum atomic E-state index is 10.5. The number of hydrogen-bond acceptors (Lipinski definition) is 3. The van der Waals surface area contributed by atoms with Gasteiger partial charge in [0.05, 0.1) is 0 Å². The van der Waals surface area contributed by atoms with Crippen molar-refractivity contribution in [2.75, 3.05) is 0 Å². The predicted octanol–water partition coefficient (Wildman–Crippen LogP) is 3.12. The summed E-state index contributed by atoms with van der Waals surface area (Å²) in [6, 6.07) is 7.62. The van der Waals surface area contributed by atoms with Gasteiger partial charge in [0.25, 0.3) is 0 Å². The molecule has 2 aromatic rings. The molecule has 0 bridgehead atoms. The molecule has 0 fully saturated rings. The van der Waals surface area contributed by atoms with E-state index >= 15 is 0 Å². The normalized spacial score (nSPS) is 10.3. The molecule has 4 heteroatoms. The second-order valence-electron chi connectivity index (χ2n) is 3.17. The molecule has 76 valence electrons. The van der Waals surface area contributed by atoms with Gasteiger partial charge in [0.2, 0.25) is 11.1 Å². The number of aldehydes is 1. The van der Waals surface area contributed by atoms with Crippen LogP contribution in [0.5, 0.6) is 0 Å². The Bertz CT molecular complexity index is 505. The summed E-state index contributed by atoms with van der Waals surface area (Å²) in [6.07, 6.45) is 0.575. The first-order valence-electron chi connectivity index (χ1n) is 4.39. The van der Waals surface area contributed by atoms with Gasteiger partial charge in [0.1, 0.15) is 0 Å². The van der Waals surface area contributed by atoms with E-state index in [4.69, 9.17) is 16.0 Å². The molecule has 0 unspecified atom stereocenters. The Morgan fingerprint density at radius 1 is 1.47 bits per heavy atom. The standard InChI is InChI=1S/C11H8ClNO2/c1-7-3-2-4-8(5-7)11-13-9(6-14)10(12)15-11/h2-6H,1H3. The summed E-state index contributed by atoms with van der Waals surface area (Å²) in [5.41, 5.74) is 2.03. The van der Waals surface area contributed by atoms with Gasteiger partial charge in [-0.1, -0.05) is 17.7 Å². The molecule has 0 amide bonds. The minimum atomic E-state index is 0.0292. The van der Waals surface area contributed by atoms with Crippen LogP contribution in [0.3, 0.4) is 0 Å². The van der Waals surface area contributed by atoms with E-state index in [9.17, 15) is 4.79 Å². The van der Waals surface area contributed by atoms with Crippen molar-refractivity contribution in [1.29, 1.82) is 0 Å².